The van der Waals surface area contributed by atoms with Crippen molar-refractivity contribution in [1.82, 2.24) is 4.98 Å². The number of carbonyl (C=O) groups excluding carboxylic acids is 1. The van der Waals surface area contributed by atoms with Gasteiger partial charge in [0.1, 0.15) is 5.75 Å². The molecule has 0 fully saturated rings. The van der Waals surface area contributed by atoms with Crippen molar-refractivity contribution in [2.75, 3.05) is 0 Å². The lowest BCUT2D eigenvalue weighted by atomic mass is 10.0. The Hall–Kier alpha value is -2.50. The molecule has 0 aliphatic carbocycles. The number of pyridine rings is 1. The highest BCUT2D eigenvalue weighted by molar-refractivity contribution is 9.10. The second-order valence-electron chi connectivity index (χ2n) is 6.81. The molecule has 4 aromatic rings. The largest absolute Gasteiger partial charge is 0.423 e. The second kappa shape index (κ2) is 8.09. The number of ether oxygens (including phenoxy) is 1. The fraction of sp³-hybridized carbons (Fsp3) is 0.0833. The number of rotatable bonds is 3. The third-order valence-corrected chi connectivity index (χ3v) is 5.91. The lowest BCUT2D eigenvalue weighted by molar-refractivity contribution is 0.0735. The quantitative estimate of drug-likeness (QED) is 0.215. The van der Waals surface area contributed by atoms with E-state index < -0.39 is 5.97 Å². The van der Waals surface area contributed by atoms with Gasteiger partial charge in [0, 0.05) is 19.9 Å². The summed E-state index contributed by atoms with van der Waals surface area (Å²) in [5.41, 5.74) is 4.90. The first kappa shape index (κ1) is 19.8. The van der Waals surface area contributed by atoms with Crippen LogP contribution in [0, 0.1) is 13.8 Å². The van der Waals surface area contributed by atoms with Crippen LogP contribution in [0.4, 0.5) is 0 Å². The number of halogens is 2. The topological polar surface area (TPSA) is 39.2 Å². The molecule has 1 heterocycles. The number of hydrogen-bond donors (Lipinski definition) is 0. The number of fused-ring (bicyclic) bond motifs is 1. The van der Waals surface area contributed by atoms with Crippen LogP contribution in [0.15, 0.2) is 75.7 Å². The maximum absolute atomic E-state index is 13.2. The molecule has 0 amide bonds. The average Bonchev–Trinajstić information content (AvgIpc) is 2.71. The Bertz CT molecular complexity index is 1230. The zero-order valence-electron chi connectivity index (χ0n) is 15.9. The normalized spacial score (nSPS) is 10.9. The van der Waals surface area contributed by atoms with Gasteiger partial charge < -0.3 is 4.74 Å². The number of carbonyl (C=O) groups is 1. The molecule has 0 spiro atoms. The van der Waals surface area contributed by atoms with E-state index in [0.29, 0.717) is 11.3 Å². The minimum absolute atomic E-state index is 0.400. The molecule has 0 bridgehead atoms. The average molecular weight is 511 g/mol. The standard InChI is InChI=1S/C24H17Br2NO2/c1-14-4-3-5-23(15(14)2)29-24(28)20-13-22(16-6-8-17(25)9-7-16)27-21-11-10-18(26)12-19(20)21/h3-13H,1-2H3. The lowest BCUT2D eigenvalue weighted by Crippen LogP contribution is -2.11. The fourth-order valence-corrected chi connectivity index (χ4v) is 3.75. The summed E-state index contributed by atoms with van der Waals surface area (Å²) in [6.07, 6.45) is 0. The Labute approximate surface area is 186 Å². The third kappa shape index (κ3) is 4.11. The monoisotopic (exact) mass is 509 g/mol. The molecule has 0 atom stereocenters. The molecule has 5 heteroatoms. The highest BCUT2D eigenvalue weighted by Gasteiger charge is 2.17. The summed E-state index contributed by atoms with van der Waals surface area (Å²) < 4.78 is 7.65. The summed E-state index contributed by atoms with van der Waals surface area (Å²) in [6, 6.07) is 21.1. The first-order valence-electron chi connectivity index (χ1n) is 9.07. The van der Waals surface area contributed by atoms with Gasteiger partial charge >= 0.3 is 5.97 Å². The lowest BCUT2D eigenvalue weighted by Gasteiger charge is -2.12. The molecular formula is C24H17Br2NO2. The molecule has 1 aromatic heterocycles. The van der Waals surface area contributed by atoms with Gasteiger partial charge in [0.2, 0.25) is 0 Å². The van der Waals surface area contributed by atoms with Crippen molar-refractivity contribution in [3.8, 4) is 17.0 Å². The molecule has 0 aliphatic heterocycles. The summed E-state index contributed by atoms with van der Waals surface area (Å²) in [7, 11) is 0. The van der Waals surface area contributed by atoms with E-state index in [1.54, 1.807) is 6.07 Å². The third-order valence-electron chi connectivity index (χ3n) is 4.89. The first-order valence-corrected chi connectivity index (χ1v) is 10.7. The highest BCUT2D eigenvalue weighted by atomic mass is 79.9. The van der Waals surface area contributed by atoms with Crippen molar-refractivity contribution in [3.05, 3.63) is 92.4 Å². The molecule has 144 valence electrons. The SMILES string of the molecule is Cc1cccc(OC(=O)c2cc(-c3ccc(Br)cc3)nc3ccc(Br)cc23)c1C. The molecule has 0 N–H and O–H groups in total. The summed E-state index contributed by atoms with van der Waals surface area (Å²) in [5, 5.41) is 0.746. The maximum Gasteiger partial charge on any atom is 0.344 e. The molecule has 29 heavy (non-hydrogen) atoms. The van der Waals surface area contributed by atoms with E-state index in [0.717, 1.165) is 42.2 Å². The van der Waals surface area contributed by atoms with Gasteiger partial charge in [-0.2, -0.15) is 0 Å². The van der Waals surface area contributed by atoms with Crippen LogP contribution < -0.4 is 4.74 Å². The van der Waals surface area contributed by atoms with E-state index in [1.807, 2.05) is 74.5 Å². The number of esters is 1. The van der Waals surface area contributed by atoms with Gasteiger partial charge in [0.15, 0.2) is 0 Å². The predicted octanol–water partition coefficient (Wildman–Crippen LogP) is 7.26. The van der Waals surface area contributed by atoms with Crippen LogP contribution in [0.5, 0.6) is 5.75 Å². The van der Waals surface area contributed by atoms with Gasteiger partial charge in [0.05, 0.1) is 16.8 Å². The number of hydrogen-bond acceptors (Lipinski definition) is 3. The molecule has 0 saturated heterocycles. The van der Waals surface area contributed by atoms with E-state index in [-0.39, 0.29) is 0 Å². The van der Waals surface area contributed by atoms with Gasteiger partial charge in [0.25, 0.3) is 0 Å². The van der Waals surface area contributed by atoms with Gasteiger partial charge in [-0.15, -0.1) is 0 Å². The van der Waals surface area contributed by atoms with Crippen molar-refractivity contribution >= 4 is 48.7 Å². The van der Waals surface area contributed by atoms with E-state index in [2.05, 4.69) is 31.9 Å². The highest BCUT2D eigenvalue weighted by Crippen LogP contribution is 2.29. The smallest absolute Gasteiger partial charge is 0.344 e. The molecule has 0 unspecified atom stereocenters. The molecule has 4 rings (SSSR count). The number of nitrogens with zero attached hydrogens (tertiary/aromatic N) is 1. The zero-order chi connectivity index (χ0) is 20.5. The number of benzene rings is 3. The van der Waals surface area contributed by atoms with E-state index >= 15 is 0 Å². The Balaban J connectivity index is 1.84. The summed E-state index contributed by atoms with van der Waals surface area (Å²) in [5.74, 6) is 0.169. The first-order chi connectivity index (χ1) is 13.9. The van der Waals surface area contributed by atoms with Gasteiger partial charge in [-0.3, -0.25) is 0 Å². The van der Waals surface area contributed by atoms with Crippen molar-refractivity contribution in [2.45, 2.75) is 13.8 Å². The predicted molar refractivity (Wildman–Crippen MR) is 123 cm³/mol. The summed E-state index contributed by atoms with van der Waals surface area (Å²) in [6.45, 7) is 3.95. The molecule has 0 radical (unpaired) electrons. The van der Waals surface area contributed by atoms with Crippen LogP contribution in [0.2, 0.25) is 0 Å². The van der Waals surface area contributed by atoms with Gasteiger partial charge in [-0.1, -0.05) is 56.1 Å². The van der Waals surface area contributed by atoms with Crippen LogP contribution >= 0.6 is 31.9 Å². The van der Waals surface area contributed by atoms with E-state index in [1.165, 1.54) is 0 Å². The Kier molecular flexibility index (Phi) is 5.52. The van der Waals surface area contributed by atoms with Crippen molar-refractivity contribution in [3.63, 3.8) is 0 Å². The molecule has 0 aliphatic rings. The second-order valence-corrected chi connectivity index (χ2v) is 8.64. The van der Waals surface area contributed by atoms with Crippen LogP contribution in [-0.2, 0) is 0 Å². The van der Waals surface area contributed by atoms with E-state index in [4.69, 9.17) is 9.72 Å². The molecular weight excluding hydrogens is 494 g/mol. The summed E-state index contributed by atoms with van der Waals surface area (Å²) >= 11 is 6.94. The Morgan fingerprint density at radius 2 is 1.62 bits per heavy atom. The summed E-state index contributed by atoms with van der Waals surface area (Å²) in [4.78, 5) is 17.9. The zero-order valence-corrected chi connectivity index (χ0v) is 19.0. The molecule has 0 saturated carbocycles. The number of aryl methyl sites for hydroxylation is 1. The van der Waals surface area contributed by atoms with Crippen molar-refractivity contribution in [2.24, 2.45) is 0 Å². The maximum atomic E-state index is 13.2. The minimum Gasteiger partial charge on any atom is -0.423 e. The van der Waals surface area contributed by atoms with Gasteiger partial charge in [-0.25, -0.2) is 9.78 Å². The van der Waals surface area contributed by atoms with Crippen molar-refractivity contribution in [1.29, 1.82) is 0 Å². The van der Waals surface area contributed by atoms with Crippen molar-refractivity contribution < 1.29 is 9.53 Å². The van der Waals surface area contributed by atoms with Crippen LogP contribution in [0.3, 0.4) is 0 Å². The van der Waals surface area contributed by atoms with Crippen LogP contribution in [0.25, 0.3) is 22.2 Å². The Morgan fingerprint density at radius 1 is 0.897 bits per heavy atom. The minimum atomic E-state index is -0.400. The molecule has 3 nitrogen and oxygen atoms in total. The van der Waals surface area contributed by atoms with Gasteiger partial charge in [-0.05, 0) is 67.4 Å². The van der Waals surface area contributed by atoms with Crippen LogP contribution in [0.1, 0.15) is 21.5 Å². The van der Waals surface area contributed by atoms with E-state index in [9.17, 15) is 4.79 Å². The Morgan fingerprint density at radius 3 is 2.38 bits per heavy atom. The molecule has 3 aromatic carbocycles. The van der Waals surface area contributed by atoms with Crippen LogP contribution in [-0.4, -0.2) is 11.0 Å². The fourth-order valence-electron chi connectivity index (χ4n) is 3.13. The number of aromatic nitrogens is 1.